The van der Waals surface area contributed by atoms with Crippen LogP contribution < -0.4 is 10.3 Å². The van der Waals surface area contributed by atoms with Gasteiger partial charge in [0.1, 0.15) is 11.6 Å². The van der Waals surface area contributed by atoms with Crippen LogP contribution in [-0.2, 0) is 15.4 Å². The fraction of sp³-hybridized carbons (Fsp3) is 0.333. The van der Waals surface area contributed by atoms with Crippen LogP contribution in [0.1, 0.15) is 30.0 Å². The molecule has 0 atom stereocenters. The molecule has 8 nitrogen and oxygen atoms in total. The van der Waals surface area contributed by atoms with E-state index in [9.17, 15) is 14.4 Å². The van der Waals surface area contributed by atoms with Crippen LogP contribution in [0.4, 0.5) is 0 Å². The number of morpholine rings is 1. The highest BCUT2D eigenvalue weighted by atomic mass is 35.5. The van der Waals surface area contributed by atoms with Gasteiger partial charge in [-0.2, -0.15) is 0 Å². The first-order chi connectivity index (χ1) is 15.9. The van der Waals surface area contributed by atoms with Crippen molar-refractivity contribution in [2.45, 2.75) is 25.8 Å². The number of amides is 1. The van der Waals surface area contributed by atoms with E-state index in [1.54, 1.807) is 30.3 Å². The van der Waals surface area contributed by atoms with Gasteiger partial charge >= 0.3 is 0 Å². The van der Waals surface area contributed by atoms with Crippen LogP contribution in [0.3, 0.4) is 0 Å². The Morgan fingerprint density at radius 2 is 1.88 bits per heavy atom. The molecule has 0 radical (unpaired) electrons. The second-order valence-corrected chi connectivity index (χ2v) is 8.17. The largest absolute Gasteiger partial charge is 0.489 e. The minimum atomic E-state index is -0.663. The number of nitrogens with zero attached hydrogens (tertiary/aromatic N) is 3. The molecule has 1 amide bonds. The highest BCUT2D eigenvalue weighted by Crippen LogP contribution is 2.27. The molecular weight excluding hydrogens is 446 g/mol. The Hall–Kier alpha value is -3.23. The molecule has 172 valence electrons. The topological polar surface area (TPSA) is 90.7 Å². The average Bonchev–Trinajstić information content (AvgIpc) is 2.83. The molecule has 2 aromatic carbocycles. The van der Waals surface area contributed by atoms with Crippen LogP contribution in [0.25, 0.3) is 16.6 Å². The van der Waals surface area contributed by atoms with Crippen LogP contribution in [0, 0.1) is 0 Å². The summed E-state index contributed by atoms with van der Waals surface area (Å²) in [6.07, 6.45) is -0.191. The van der Waals surface area contributed by atoms with Crippen molar-refractivity contribution in [3.63, 3.8) is 0 Å². The SMILES string of the molecule is CC(C)Oc1ccc(C(=O)C(=O)N2CCOCC2)cc1-n1c(CCl)nc2ccccc2c1=O. The maximum atomic E-state index is 13.4. The first-order valence-electron chi connectivity index (χ1n) is 10.7. The minimum Gasteiger partial charge on any atom is -0.489 e. The summed E-state index contributed by atoms with van der Waals surface area (Å²) in [6.45, 7) is 5.21. The highest BCUT2D eigenvalue weighted by molar-refractivity contribution is 6.42. The third-order valence-corrected chi connectivity index (χ3v) is 5.52. The molecule has 1 fully saturated rings. The third-order valence-electron chi connectivity index (χ3n) is 5.28. The Balaban J connectivity index is 1.86. The first-order valence-corrected chi connectivity index (χ1v) is 11.2. The lowest BCUT2D eigenvalue weighted by Crippen LogP contribution is -2.44. The van der Waals surface area contributed by atoms with E-state index < -0.39 is 11.7 Å². The number of ketones is 1. The summed E-state index contributed by atoms with van der Waals surface area (Å²) in [5, 5.41) is 0.406. The monoisotopic (exact) mass is 469 g/mol. The molecule has 4 rings (SSSR count). The van der Waals surface area contributed by atoms with Crippen LogP contribution in [-0.4, -0.2) is 58.5 Å². The molecule has 0 unspecified atom stereocenters. The predicted molar refractivity (Wildman–Crippen MR) is 124 cm³/mol. The number of hydrogen-bond acceptors (Lipinski definition) is 6. The van der Waals surface area contributed by atoms with Crippen LogP contribution in [0.5, 0.6) is 5.75 Å². The number of para-hydroxylation sites is 1. The number of benzene rings is 2. The lowest BCUT2D eigenvalue weighted by Gasteiger charge is -2.26. The van der Waals surface area contributed by atoms with E-state index in [1.807, 2.05) is 13.8 Å². The first kappa shape index (κ1) is 22.9. The number of carbonyl (C=O) groups is 2. The van der Waals surface area contributed by atoms with Gasteiger partial charge in [-0.05, 0) is 44.2 Å². The molecule has 3 aromatic rings. The summed E-state index contributed by atoms with van der Waals surface area (Å²) >= 11 is 6.16. The second kappa shape index (κ2) is 9.72. The van der Waals surface area contributed by atoms with Gasteiger partial charge in [0.05, 0.1) is 41.8 Å². The number of hydrogen-bond donors (Lipinski definition) is 0. The molecule has 0 spiro atoms. The van der Waals surface area contributed by atoms with Crippen molar-refractivity contribution >= 4 is 34.2 Å². The van der Waals surface area contributed by atoms with Gasteiger partial charge in [0.2, 0.25) is 5.78 Å². The van der Waals surface area contributed by atoms with Crippen molar-refractivity contribution in [3.05, 3.63) is 64.2 Å². The number of carbonyl (C=O) groups excluding carboxylic acids is 2. The van der Waals surface area contributed by atoms with E-state index >= 15 is 0 Å². The van der Waals surface area contributed by atoms with Crippen molar-refractivity contribution in [2.75, 3.05) is 26.3 Å². The van der Waals surface area contributed by atoms with Crippen LogP contribution in [0.15, 0.2) is 47.3 Å². The smallest absolute Gasteiger partial charge is 0.295 e. The van der Waals surface area contributed by atoms with Crippen molar-refractivity contribution in [3.8, 4) is 11.4 Å². The summed E-state index contributed by atoms with van der Waals surface area (Å²) in [4.78, 5) is 45.2. The van der Waals surface area contributed by atoms with E-state index in [0.717, 1.165) is 0 Å². The minimum absolute atomic E-state index is 0.0356. The number of rotatable bonds is 6. The van der Waals surface area contributed by atoms with E-state index in [1.165, 1.54) is 21.6 Å². The summed E-state index contributed by atoms with van der Waals surface area (Å²) in [5.41, 5.74) is 0.644. The zero-order chi connectivity index (χ0) is 23.5. The second-order valence-electron chi connectivity index (χ2n) is 7.90. The Labute approximate surface area is 195 Å². The van der Waals surface area contributed by atoms with Gasteiger partial charge in [-0.25, -0.2) is 4.98 Å². The van der Waals surface area contributed by atoms with Gasteiger partial charge in [0.15, 0.2) is 0 Å². The Kier molecular flexibility index (Phi) is 6.76. The lowest BCUT2D eigenvalue weighted by molar-refractivity contribution is -0.130. The zero-order valence-corrected chi connectivity index (χ0v) is 19.2. The number of halogens is 1. The quantitative estimate of drug-likeness (QED) is 0.313. The maximum absolute atomic E-state index is 13.4. The van der Waals surface area contributed by atoms with E-state index in [4.69, 9.17) is 21.1 Å². The number of Topliss-reactive ketones (excluding diaryl/α,β-unsaturated/α-hetero) is 1. The van der Waals surface area contributed by atoms with Crippen molar-refractivity contribution < 1.29 is 19.1 Å². The standard InChI is InChI=1S/C24H24ClN3O5/c1-15(2)33-20-8-7-16(22(29)24(31)27-9-11-32-12-10-27)13-19(20)28-21(14-25)26-18-6-4-3-5-17(18)23(28)30/h3-8,13,15H,9-12,14H2,1-2H3. The van der Waals surface area contributed by atoms with Crippen molar-refractivity contribution in [1.82, 2.24) is 14.5 Å². The van der Waals surface area contributed by atoms with Gasteiger partial charge in [-0.1, -0.05) is 12.1 Å². The summed E-state index contributed by atoms with van der Waals surface area (Å²) < 4.78 is 12.5. The molecule has 0 bridgehead atoms. The molecule has 33 heavy (non-hydrogen) atoms. The molecule has 0 saturated carbocycles. The van der Waals surface area contributed by atoms with Gasteiger partial charge < -0.3 is 14.4 Å². The van der Waals surface area contributed by atoms with E-state index in [0.29, 0.717) is 54.5 Å². The third kappa shape index (κ3) is 4.62. The zero-order valence-electron chi connectivity index (χ0n) is 18.4. The van der Waals surface area contributed by atoms with Gasteiger partial charge in [0.25, 0.3) is 11.5 Å². The molecule has 1 aliphatic rings. The van der Waals surface area contributed by atoms with Crippen molar-refractivity contribution in [1.29, 1.82) is 0 Å². The summed E-state index contributed by atoms with van der Waals surface area (Å²) in [6, 6.07) is 11.6. The Morgan fingerprint density at radius 1 is 1.15 bits per heavy atom. The number of fused-ring (bicyclic) bond motifs is 1. The van der Waals surface area contributed by atoms with Gasteiger partial charge in [0, 0.05) is 18.7 Å². The molecule has 2 heterocycles. The molecule has 1 aromatic heterocycles. The van der Waals surface area contributed by atoms with E-state index in [2.05, 4.69) is 4.98 Å². The summed E-state index contributed by atoms with van der Waals surface area (Å²) in [7, 11) is 0. The van der Waals surface area contributed by atoms with Crippen LogP contribution >= 0.6 is 11.6 Å². The van der Waals surface area contributed by atoms with Crippen molar-refractivity contribution in [2.24, 2.45) is 0 Å². The average molecular weight is 470 g/mol. The molecule has 1 saturated heterocycles. The highest BCUT2D eigenvalue weighted by Gasteiger charge is 2.26. The summed E-state index contributed by atoms with van der Waals surface area (Å²) in [5.74, 6) is -0.623. The maximum Gasteiger partial charge on any atom is 0.295 e. The van der Waals surface area contributed by atoms with Crippen LogP contribution in [0.2, 0.25) is 0 Å². The molecule has 1 aliphatic heterocycles. The number of aromatic nitrogens is 2. The predicted octanol–water partition coefficient (Wildman–Crippen LogP) is 2.95. The van der Waals surface area contributed by atoms with E-state index in [-0.39, 0.29) is 23.1 Å². The number of alkyl halides is 1. The normalized spacial score (nSPS) is 14.0. The Morgan fingerprint density at radius 3 is 2.58 bits per heavy atom. The molecule has 9 heteroatoms. The molecule has 0 N–H and O–H groups in total. The lowest BCUT2D eigenvalue weighted by atomic mass is 10.1. The fourth-order valence-electron chi connectivity index (χ4n) is 3.74. The van der Waals surface area contributed by atoms with Gasteiger partial charge in [-0.15, -0.1) is 11.6 Å². The Bertz CT molecular complexity index is 1260. The van der Waals surface area contributed by atoms with Gasteiger partial charge in [-0.3, -0.25) is 19.0 Å². The molecule has 0 aliphatic carbocycles. The molecular formula is C24H24ClN3O5. The number of ether oxygens (including phenoxy) is 2. The fourth-order valence-corrected chi connectivity index (χ4v) is 3.92.